The van der Waals surface area contributed by atoms with Gasteiger partial charge in [0.2, 0.25) is 5.75 Å². The molecule has 1 aromatic rings. The van der Waals surface area contributed by atoms with Crippen LogP contribution < -0.4 is 19.5 Å². The largest absolute Gasteiger partial charge is 0.493 e. The summed E-state index contributed by atoms with van der Waals surface area (Å²) in [5.74, 6) is 0.967. The molecule has 0 atom stereocenters. The van der Waals surface area contributed by atoms with Gasteiger partial charge in [0.05, 0.1) is 26.2 Å². The summed E-state index contributed by atoms with van der Waals surface area (Å²) in [6, 6.07) is 3.43. The molecule has 0 saturated carbocycles. The Morgan fingerprint density at radius 2 is 1.75 bits per heavy atom. The fourth-order valence-corrected chi connectivity index (χ4v) is 2.47. The lowest BCUT2D eigenvalue weighted by Gasteiger charge is -2.14. The summed E-state index contributed by atoms with van der Waals surface area (Å²) in [5, 5.41) is 1.81. The highest BCUT2D eigenvalue weighted by atomic mass is 32.2. The molecule has 20 heavy (non-hydrogen) atoms. The molecule has 106 valence electrons. The number of hydrogen-bond acceptors (Lipinski definition) is 6. The number of carbonyl (C=O) groups is 2. The van der Waals surface area contributed by atoms with E-state index >= 15 is 0 Å². The van der Waals surface area contributed by atoms with E-state index in [-0.39, 0.29) is 5.24 Å². The fourth-order valence-electron chi connectivity index (χ4n) is 1.80. The van der Waals surface area contributed by atoms with E-state index in [2.05, 4.69) is 5.32 Å². The van der Waals surface area contributed by atoms with Gasteiger partial charge in [-0.05, 0) is 30.0 Å². The summed E-state index contributed by atoms with van der Waals surface area (Å²) in [4.78, 5) is 23.0. The van der Waals surface area contributed by atoms with Gasteiger partial charge in [-0.2, -0.15) is 0 Å². The van der Waals surface area contributed by atoms with Crippen LogP contribution in [0.4, 0.5) is 4.79 Å². The molecule has 1 aliphatic heterocycles. The van der Waals surface area contributed by atoms with Gasteiger partial charge in [-0.25, -0.2) is 0 Å². The highest BCUT2D eigenvalue weighted by Gasteiger charge is 2.26. The number of imide groups is 1. The van der Waals surface area contributed by atoms with Crippen LogP contribution in [-0.2, 0) is 4.79 Å². The maximum absolute atomic E-state index is 11.5. The van der Waals surface area contributed by atoms with Gasteiger partial charge in [-0.3, -0.25) is 14.9 Å². The van der Waals surface area contributed by atoms with Gasteiger partial charge >= 0.3 is 0 Å². The van der Waals surface area contributed by atoms with E-state index in [4.69, 9.17) is 14.2 Å². The highest BCUT2D eigenvalue weighted by Crippen LogP contribution is 2.41. The summed E-state index contributed by atoms with van der Waals surface area (Å²) in [5.41, 5.74) is 0.623. The molecular weight excluding hydrogens is 282 g/mol. The van der Waals surface area contributed by atoms with Gasteiger partial charge in [-0.15, -0.1) is 0 Å². The van der Waals surface area contributed by atoms with Crippen molar-refractivity contribution in [3.05, 3.63) is 22.6 Å². The van der Waals surface area contributed by atoms with Crippen LogP contribution in [0.2, 0.25) is 0 Å². The smallest absolute Gasteiger partial charge is 0.290 e. The van der Waals surface area contributed by atoms with E-state index in [1.807, 2.05) is 0 Å². The maximum atomic E-state index is 11.5. The van der Waals surface area contributed by atoms with E-state index in [0.717, 1.165) is 11.8 Å². The number of thioether (sulfide) groups is 1. The first-order chi connectivity index (χ1) is 9.60. The first-order valence-corrected chi connectivity index (χ1v) is 6.46. The number of ether oxygens (including phenoxy) is 3. The Kier molecular flexibility index (Phi) is 4.19. The molecule has 1 aromatic carbocycles. The number of hydrogen-bond donors (Lipinski definition) is 1. The lowest BCUT2D eigenvalue weighted by atomic mass is 10.1. The Morgan fingerprint density at radius 1 is 1.05 bits per heavy atom. The molecule has 2 rings (SSSR count). The molecule has 1 heterocycles. The Morgan fingerprint density at radius 3 is 2.25 bits per heavy atom. The third-order valence-electron chi connectivity index (χ3n) is 2.66. The molecule has 1 aliphatic rings. The number of carbonyl (C=O) groups excluding carboxylic acids is 2. The molecule has 6 nitrogen and oxygen atoms in total. The predicted octanol–water partition coefficient (Wildman–Crippen LogP) is 2.04. The lowest BCUT2D eigenvalue weighted by molar-refractivity contribution is -0.115. The van der Waals surface area contributed by atoms with Crippen LogP contribution in [0.15, 0.2) is 17.0 Å². The number of rotatable bonds is 4. The maximum Gasteiger partial charge on any atom is 0.290 e. The van der Waals surface area contributed by atoms with Crippen LogP contribution in [0.3, 0.4) is 0 Å². The molecule has 0 radical (unpaired) electrons. The summed E-state index contributed by atoms with van der Waals surface area (Å²) < 4.78 is 15.7. The fraction of sp³-hybridized carbons (Fsp3) is 0.231. The standard InChI is InChI=1S/C13H13NO5S/c1-17-8-5-4-7(10(18-2)11(8)19-3)6-9-12(15)14-13(16)20-9/h4-6H,1-3H3,(H,14,15,16)/b9-6-. The van der Waals surface area contributed by atoms with Crippen LogP contribution >= 0.6 is 11.8 Å². The number of amides is 2. The second-order valence-electron chi connectivity index (χ2n) is 3.78. The molecule has 1 N–H and O–H groups in total. The van der Waals surface area contributed by atoms with Gasteiger partial charge < -0.3 is 14.2 Å². The minimum Gasteiger partial charge on any atom is -0.493 e. The summed E-state index contributed by atoms with van der Waals surface area (Å²) >= 11 is 0.845. The summed E-state index contributed by atoms with van der Waals surface area (Å²) in [6.45, 7) is 0. The first-order valence-electron chi connectivity index (χ1n) is 5.64. The van der Waals surface area contributed by atoms with Gasteiger partial charge in [-0.1, -0.05) is 0 Å². The number of methoxy groups -OCH3 is 3. The van der Waals surface area contributed by atoms with Crippen molar-refractivity contribution >= 4 is 29.0 Å². The predicted molar refractivity (Wildman–Crippen MR) is 75.2 cm³/mol. The van der Waals surface area contributed by atoms with Crippen LogP contribution in [-0.4, -0.2) is 32.5 Å². The van der Waals surface area contributed by atoms with Gasteiger partial charge in [0, 0.05) is 5.56 Å². The zero-order valence-electron chi connectivity index (χ0n) is 11.2. The molecule has 0 bridgehead atoms. The van der Waals surface area contributed by atoms with Crippen LogP contribution in [0.5, 0.6) is 17.2 Å². The quantitative estimate of drug-likeness (QED) is 0.857. The zero-order chi connectivity index (χ0) is 14.7. The van der Waals surface area contributed by atoms with Gasteiger partial charge in [0.15, 0.2) is 11.5 Å². The van der Waals surface area contributed by atoms with E-state index < -0.39 is 5.91 Å². The topological polar surface area (TPSA) is 73.9 Å². The average molecular weight is 295 g/mol. The number of benzene rings is 1. The van der Waals surface area contributed by atoms with Crippen molar-refractivity contribution in [1.82, 2.24) is 5.32 Å². The van der Waals surface area contributed by atoms with Crippen molar-refractivity contribution in [2.24, 2.45) is 0 Å². The van der Waals surface area contributed by atoms with E-state index in [1.54, 1.807) is 18.2 Å². The van der Waals surface area contributed by atoms with E-state index in [1.165, 1.54) is 21.3 Å². The van der Waals surface area contributed by atoms with Crippen LogP contribution in [0.25, 0.3) is 6.08 Å². The lowest BCUT2D eigenvalue weighted by Crippen LogP contribution is -2.17. The van der Waals surface area contributed by atoms with Crippen molar-refractivity contribution in [2.75, 3.05) is 21.3 Å². The van der Waals surface area contributed by atoms with Crippen molar-refractivity contribution in [3.8, 4) is 17.2 Å². The van der Waals surface area contributed by atoms with E-state index in [9.17, 15) is 9.59 Å². The summed E-state index contributed by atoms with van der Waals surface area (Å²) in [6.07, 6.45) is 1.58. The van der Waals surface area contributed by atoms with Crippen LogP contribution in [0, 0.1) is 0 Å². The summed E-state index contributed by atoms with van der Waals surface area (Å²) in [7, 11) is 4.51. The second kappa shape index (κ2) is 5.87. The van der Waals surface area contributed by atoms with Gasteiger partial charge in [0.25, 0.3) is 11.1 Å². The Bertz CT molecular complexity index is 597. The van der Waals surface area contributed by atoms with E-state index in [0.29, 0.717) is 27.7 Å². The highest BCUT2D eigenvalue weighted by molar-refractivity contribution is 8.18. The normalized spacial score (nSPS) is 16.2. The SMILES string of the molecule is COc1ccc(/C=C2\SC(=O)NC2=O)c(OC)c1OC. The molecule has 0 unspecified atom stereocenters. The van der Waals surface area contributed by atoms with Crippen molar-refractivity contribution in [1.29, 1.82) is 0 Å². The molecular formula is C13H13NO5S. The van der Waals surface area contributed by atoms with Gasteiger partial charge in [0.1, 0.15) is 0 Å². The average Bonchev–Trinajstić information content (AvgIpc) is 2.76. The zero-order valence-corrected chi connectivity index (χ0v) is 12.0. The third kappa shape index (κ3) is 2.57. The molecule has 1 fully saturated rings. The molecule has 1 saturated heterocycles. The Labute approximate surface area is 120 Å². The molecule has 0 aliphatic carbocycles. The molecule has 2 amide bonds. The number of nitrogens with one attached hydrogen (secondary N) is 1. The van der Waals surface area contributed by atoms with Crippen molar-refractivity contribution in [3.63, 3.8) is 0 Å². The minimum absolute atomic E-state index is 0.306. The molecule has 7 heteroatoms. The monoisotopic (exact) mass is 295 g/mol. The van der Waals surface area contributed by atoms with Crippen LogP contribution in [0.1, 0.15) is 5.56 Å². The second-order valence-corrected chi connectivity index (χ2v) is 4.79. The molecule has 0 spiro atoms. The Hall–Kier alpha value is -2.15. The first kappa shape index (κ1) is 14.3. The van der Waals surface area contributed by atoms with Crippen molar-refractivity contribution < 1.29 is 23.8 Å². The molecule has 0 aromatic heterocycles. The minimum atomic E-state index is -0.420. The van der Waals surface area contributed by atoms with Crippen molar-refractivity contribution in [2.45, 2.75) is 0 Å². The Balaban J connectivity index is 2.50. The third-order valence-corrected chi connectivity index (χ3v) is 3.47.